The summed E-state index contributed by atoms with van der Waals surface area (Å²) in [5.74, 6) is -0.940. The highest BCUT2D eigenvalue weighted by Gasteiger charge is 2.47. The number of carbonyl (C=O) groups excluding carboxylic acids is 1. The van der Waals surface area contributed by atoms with Gasteiger partial charge in [0.15, 0.2) is 0 Å². The van der Waals surface area contributed by atoms with E-state index in [1.807, 2.05) is 41.3 Å². The van der Waals surface area contributed by atoms with Crippen molar-refractivity contribution in [2.45, 2.75) is 38.4 Å². The molecular formula is C28H33F3N2O4S. The van der Waals surface area contributed by atoms with Crippen LogP contribution in [-0.4, -0.2) is 67.8 Å². The van der Waals surface area contributed by atoms with Crippen LogP contribution in [0.2, 0.25) is 0 Å². The average Bonchev–Trinajstić information content (AvgIpc) is 2.91. The summed E-state index contributed by atoms with van der Waals surface area (Å²) in [6.45, 7) is 3.64. The van der Waals surface area contributed by atoms with Gasteiger partial charge < -0.3 is 19.5 Å². The van der Waals surface area contributed by atoms with Crippen molar-refractivity contribution in [1.82, 2.24) is 0 Å². The SMILES string of the molecule is CCC1C(C(F)(F)F)CCCN1c1ccc2cc(/C=C(\C#N)C(=O)SCCOCCOCCO)ccc2c1. The zero-order valence-electron chi connectivity index (χ0n) is 21.4. The summed E-state index contributed by atoms with van der Waals surface area (Å²) in [7, 11) is 0. The quantitative estimate of drug-likeness (QED) is 0.210. The average molecular weight is 551 g/mol. The molecule has 0 bridgehead atoms. The highest BCUT2D eigenvalue weighted by Crippen LogP contribution is 2.41. The van der Waals surface area contributed by atoms with Gasteiger partial charge in [-0.3, -0.25) is 4.79 Å². The largest absolute Gasteiger partial charge is 0.394 e. The highest BCUT2D eigenvalue weighted by molar-refractivity contribution is 8.14. The molecule has 0 aromatic heterocycles. The molecule has 2 atom stereocenters. The molecule has 0 amide bonds. The number of carbonyl (C=O) groups is 1. The zero-order valence-corrected chi connectivity index (χ0v) is 22.2. The van der Waals surface area contributed by atoms with E-state index in [9.17, 15) is 23.2 Å². The van der Waals surface area contributed by atoms with Gasteiger partial charge in [0.1, 0.15) is 11.6 Å². The van der Waals surface area contributed by atoms with E-state index in [1.54, 1.807) is 13.0 Å². The Hall–Kier alpha value is -2.58. The lowest BCUT2D eigenvalue weighted by Crippen LogP contribution is -2.50. The fourth-order valence-corrected chi connectivity index (χ4v) is 5.39. The lowest BCUT2D eigenvalue weighted by molar-refractivity contribution is -0.185. The van der Waals surface area contributed by atoms with Crippen LogP contribution in [-0.2, 0) is 14.3 Å². The van der Waals surface area contributed by atoms with Crippen LogP contribution in [0.1, 0.15) is 31.7 Å². The third kappa shape index (κ3) is 8.21. The van der Waals surface area contributed by atoms with Crippen LogP contribution in [0.25, 0.3) is 16.8 Å². The molecule has 2 unspecified atom stereocenters. The molecule has 1 aliphatic heterocycles. The summed E-state index contributed by atoms with van der Waals surface area (Å²) < 4.78 is 51.3. The molecule has 3 rings (SSSR count). The van der Waals surface area contributed by atoms with Crippen molar-refractivity contribution in [1.29, 1.82) is 5.26 Å². The molecule has 1 N–H and O–H groups in total. The monoisotopic (exact) mass is 550 g/mol. The number of hydrogen-bond acceptors (Lipinski definition) is 7. The van der Waals surface area contributed by atoms with Gasteiger partial charge in [0.2, 0.25) is 5.12 Å². The molecule has 2 aromatic carbocycles. The van der Waals surface area contributed by atoms with Crippen LogP contribution >= 0.6 is 11.8 Å². The lowest BCUT2D eigenvalue weighted by atomic mass is 9.86. The summed E-state index contributed by atoms with van der Waals surface area (Å²) >= 11 is 1.00. The van der Waals surface area contributed by atoms with Gasteiger partial charge in [0.05, 0.1) is 39.0 Å². The first-order valence-electron chi connectivity index (χ1n) is 12.7. The van der Waals surface area contributed by atoms with Gasteiger partial charge in [-0.15, -0.1) is 0 Å². The van der Waals surface area contributed by atoms with E-state index >= 15 is 0 Å². The molecule has 1 fully saturated rings. The van der Waals surface area contributed by atoms with E-state index in [4.69, 9.17) is 14.6 Å². The van der Waals surface area contributed by atoms with Crippen molar-refractivity contribution in [3.63, 3.8) is 0 Å². The van der Waals surface area contributed by atoms with Gasteiger partial charge in [-0.25, -0.2) is 0 Å². The second-order valence-electron chi connectivity index (χ2n) is 9.00. The van der Waals surface area contributed by atoms with Gasteiger partial charge in [-0.1, -0.05) is 36.9 Å². The Bertz CT molecular complexity index is 1150. The van der Waals surface area contributed by atoms with Crippen molar-refractivity contribution < 1.29 is 32.5 Å². The van der Waals surface area contributed by atoms with E-state index in [-0.39, 0.29) is 30.3 Å². The standard InChI is InChI=1S/C28H33F3N2O4S/c1-2-26-25(28(29,30)31)4-3-9-33(26)24-8-7-21-16-20(5-6-22(21)18-24)17-23(19-32)27(35)38-15-14-37-13-12-36-11-10-34/h5-8,16-18,25-26,34H,2-4,9-15H2,1H3/b23-17+. The maximum atomic E-state index is 13.6. The summed E-state index contributed by atoms with van der Waals surface area (Å²) in [6.07, 6.45) is -1.60. The van der Waals surface area contributed by atoms with Crippen LogP contribution in [0.4, 0.5) is 18.9 Å². The van der Waals surface area contributed by atoms with Crippen LogP contribution in [0.3, 0.4) is 0 Å². The fraction of sp³-hybridized carbons (Fsp3) is 0.500. The van der Waals surface area contributed by atoms with Crippen molar-refractivity contribution >= 4 is 39.4 Å². The number of piperidine rings is 1. The van der Waals surface area contributed by atoms with Crippen LogP contribution in [0.15, 0.2) is 42.0 Å². The van der Waals surface area contributed by atoms with Crippen LogP contribution in [0.5, 0.6) is 0 Å². The second kappa shape index (κ2) is 14.5. The topological polar surface area (TPSA) is 82.8 Å². The van der Waals surface area contributed by atoms with Crippen LogP contribution < -0.4 is 4.90 Å². The summed E-state index contributed by atoms with van der Waals surface area (Å²) in [6, 6.07) is 12.5. The van der Waals surface area contributed by atoms with E-state index in [0.717, 1.165) is 28.2 Å². The van der Waals surface area contributed by atoms with Crippen LogP contribution in [0, 0.1) is 17.2 Å². The number of benzene rings is 2. The van der Waals surface area contributed by atoms with Crippen molar-refractivity contribution in [3.05, 3.63) is 47.5 Å². The number of alkyl halides is 3. The highest BCUT2D eigenvalue weighted by atomic mass is 32.2. The number of rotatable bonds is 12. The smallest absolute Gasteiger partial charge is 0.393 e. The molecule has 0 aliphatic carbocycles. The predicted molar refractivity (Wildman–Crippen MR) is 144 cm³/mol. The van der Waals surface area contributed by atoms with Crippen molar-refractivity contribution in [2.75, 3.05) is 50.2 Å². The molecule has 38 heavy (non-hydrogen) atoms. The van der Waals surface area contributed by atoms with Gasteiger partial charge in [0, 0.05) is 24.0 Å². The van der Waals surface area contributed by atoms with Crippen molar-refractivity contribution in [2.24, 2.45) is 5.92 Å². The maximum absolute atomic E-state index is 13.6. The normalized spacial score (nSPS) is 18.5. The third-order valence-electron chi connectivity index (χ3n) is 6.52. The Kier molecular flexibility index (Phi) is 11.5. The number of hydrogen-bond donors (Lipinski definition) is 1. The molecular weight excluding hydrogens is 517 g/mol. The Morgan fingerprint density at radius 2 is 1.87 bits per heavy atom. The third-order valence-corrected chi connectivity index (χ3v) is 7.37. The number of halogens is 3. The summed E-state index contributed by atoms with van der Waals surface area (Å²) in [5.41, 5.74) is 1.48. The molecule has 6 nitrogen and oxygen atoms in total. The van der Waals surface area contributed by atoms with E-state index in [1.165, 1.54) is 6.08 Å². The van der Waals surface area contributed by atoms with Gasteiger partial charge in [-0.2, -0.15) is 18.4 Å². The van der Waals surface area contributed by atoms with E-state index in [2.05, 4.69) is 0 Å². The Morgan fingerprint density at radius 1 is 1.16 bits per heavy atom. The first-order chi connectivity index (χ1) is 18.3. The van der Waals surface area contributed by atoms with E-state index < -0.39 is 18.1 Å². The first kappa shape index (κ1) is 30.0. The number of nitriles is 1. The second-order valence-corrected chi connectivity index (χ2v) is 10.1. The predicted octanol–water partition coefficient (Wildman–Crippen LogP) is 5.59. The number of fused-ring (bicyclic) bond motifs is 1. The Morgan fingerprint density at radius 3 is 2.55 bits per heavy atom. The molecule has 0 spiro atoms. The van der Waals surface area contributed by atoms with Gasteiger partial charge in [0.25, 0.3) is 0 Å². The van der Waals surface area contributed by atoms with Gasteiger partial charge in [-0.05, 0) is 59.9 Å². The number of anilines is 1. The molecule has 1 saturated heterocycles. The summed E-state index contributed by atoms with van der Waals surface area (Å²) in [4.78, 5) is 14.4. The van der Waals surface area contributed by atoms with Crippen molar-refractivity contribution in [3.8, 4) is 6.07 Å². The molecule has 10 heteroatoms. The van der Waals surface area contributed by atoms with E-state index in [0.29, 0.717) is 50.5 Å². The molecule has 1 heterocycles. The lowest BCUT2D eigenvalue weighted by Gasteiger charge is -2.43. The fourth-order valence-electron chi connectivity index (χ4n) is 4.75. The Balaban J connectivity index is 1.65. The number of nitrogens with zero attached hydrogens (tertiary/aromatic N) is 2. The zero-order chi connectivity index (χ0) is 27.5. The van der Waals surface area contributed by atoms with Gasteiger partial charge >= 0.3 is 6.18 Å². The number of aliphatic hydroxyl groups is 1. The summed E-state index contributed by atoms with van der Waals surface area (Å²) in [5, 5.41) is 19.5. The number of thioether (sulfide) groups is 1. The molecule has 0 saturated carbocycles. The minimum absolute atomic E-state index is 0.0227. The minimum atomic E-state index is -4.21. The molecule has 1 aliphatic rings. The number of ether oxygens (including phenoxy) is 2. The Labute approximate surface area is 225 Å². The number of aliphatic hydroxyl groups excluding tert-OH is 1. The minimum Gasteiger partial charge on any atom is -0.394 e. The maximum Gasteiger partial charge on any atom is 0.393 e. The first-order valence-corrected chi connectivity index (χ1v) is 13.7. The molecule has 206 valence electrons. The molecule has 0 radical (unpaired) electrons. The molecule has 2 aromatic rings.